The van der Waals surface area contributed by atoms with Gasteiger partial charge in [-0.1, -0.05) is 0 Å². The van der Waals surface area contributed by atoms with Gasteiger partial charge < -0.3 is 10.1 Å². The lowest BCUT2D eigenvalue weighted by atomic mass is 10.2. The first-order valence-electron chi connectivity index (χ1n) is 4.91. The molecule has 0 saturated heterocycles. The van der Waals surface area contributed by atoms with Crippen molar-refractivity contribution in [1.29, 1.82) is 0 Å². The standard InChI is InChI=1S/C11H15N3O/c1-4-6-9(3)14-10-7-11(15-5-2)13-8-12-10/h1,7-9H,5-6H2,2-3H3,(H,12,13,14). The molecule has 1 aromatic rings. The van der Waals surface area contributed by atoms with Crippen LogP contribution >= 0.6 is 0 Å². The van der Waals surface area contributed by atoms with Gasteiger partial charge in [0, 0.05) is 18.5 Å². The first-order chi connectivity index (χ1) is 7.26. The van der Waals surface area contributed by atoms with E-state index in [1.807, 2.05) is 13.8 Å². The minimum Gasteiger partial charge on any atom is -0.478 e. The van der Waals surface area contributed by atoms with Crippen LogP contribution in [0, 0.1) is 12.3 Å². The second-order valence-corrected chi connectivity index (χ2v) is 3.13. The van der Waals surface area contributed by atoms with Crippen molar-refractivity contribution in [2.24, 2.45) is 0 Å². The molecule has 1 atom stereocenters. The van der Waals surface area contributed by atoms with Crippen LogP contribution in [0.1, 0.15) is 20.3 Å². The number of ether oxygens (including phenoxy) is 1. The molecule has 0 fully saturated rings. The van der Waals surface area contributed by atoms with E-state index in [0.717, 1.165) is 5.82 Å². The summed E-state index contributed by atoms with van der Waals surface area (Å²) < 4.78 is 5.26. The molecule has 0 aliphatic heterocycles. The smallest absolute Gasteiger partial charge is 0.218 e. The van der Waals surface area contributed by atoms with E-state index < -0.39 is 0 Å². The van der Waals surface area contributed by atoms with Gasteiger partial charge in [-0.15, -0.1) is 12.3 Å². The van der Waals surface area contributed by atoms with Gasteiger partial charge in [-0.2, -0.15) is 0 Å². The van der Waals surface area contributed by atoms with Gasteiger partial charge in [0.1, 0.15) is 12.1 Å². The lowest BCUT2D eigenvalue weighted by molar-refractivity contribution is 0.326. The van der Waals surface area contributed by atoms with E-state index in [1.54, 1.807) is 6.07 Å². The average Bonchev–Trinajstić information content (AvgIpc) is 2.19. The fourth-order valence-corrected chi connectivity index (χ4v) is 1.13. The van der Waals surface area contributed by atoms with Gasteiger partial charge in [0.25, 0.3) is 0 Å². The number of nitrogens with zero attached hydrogens (tertiary/aromatic N) is 2. The Bertz CT molecular complexity index is 346. The maximum absolute atomic E-state index is 5.26. The van der Waals surface area contributed by atoms with Crippen molar-refractivity contribution in [3.8, 4) is 18.2 Å². The third-order valence-electron chi connectivity index (χ3n) is 1.75. The molecule has 1 aromatic heterocycles. The van der Waals surface area contributed by atoms with E-state index in [0.29, 0.717) is 18.9 Å². The SMILES string of the molecule is C#CCC(C)Nc1cc(OCC)ncn1. The number of nitrogens with one attached hydrogen (secondary N) is 1. The van der Waals surface area contributed by atoms with Crippen molar-refractivity contribution < 1.29 is 4.74 Å². The van der Waals surface area contributed by atoms with Gasteiger partial charge in [0.15, 0.2) is 0 Å². The van der Waals surface area contributed by atoms with Gasteiger partial charge in [-0.25, -0.2) is 9.97 Å². The van der Waals surface area contributed by atoms with E-state index in [-0.39, 0.29) is 6.04 Å². The van der Waals surface area contributed by atoms with E-state index in [1.165, 1.54) is 6.33 Å². The molecular formula is C11H15N3O. The van der Waals surface area contributed by atoms with Gasteiger partial charge in [0.2, 0.25) is 5.88 Å². The molecule has 0 radical (unpaired) electrons. The number of hydrogen-bond acceptors (Lipinski definition) is 4. The Morgan fingerprint density at radius 3 is 3.07 bits per heavy atom. The van der Waals surface area contributed by atoms with Crippen LogP contribution in [0.2, 0.25) is 0 Å². The van der Waals surface area contributed by atoms with Crippen molar-refractivity contribution in [1.82, 2.24) is 9.97 Å². The highest BCUT2D eigenvalue weighted by Crippen LogP contribution is 2.12. The maximum atomic E-state index is 5.26. The van der Waals surface area contributed by atoms with Crippen LogP contribution in [0.5, 0.6) is 5.88 Å². The second-order valence-electron chi connectivity index (χ2n) is 3.13. The lowest BCUT2D eigenvalue weighted by Gasteiger charge is -2.11. The predicted octanol–water partition coefficient (Wildman–Crippen LogP) is 1.70. The summed E-state index contributed by atoms with van der Waals surface area (Å²) in [6, 6.07) is 1.95. The van der Waals surface area contributed by atoms with Gasteiger partial charge >= 0.3 is 0 Å². The molecule has 1 heterocycles. The monoisotopic (exact) mass is 205 g/mol. The first-order valence-corrected chi connectivity index (χ1v) is 4.91. The summed E-state index contributed by atoms with van der Waals surface area (Å²) >= 11 is 0. The number of hydrogen-bond donors (Lipinski definition) is 1. The summed E-state index contributed by atoms with van der Waals surface area (Å²) in [6.45, 7) is 4.51. The van der Waals surface area contributed by atoms with E-state index >= 15 is 0 Å². The first kappa shape index (κ1) is 11.3. The molecule has 1 unspecified atom stereocenters. The molecular weight excluding hydrogens is 190 g/mol. The van der Waals surface area contributed by atoms with Gasteiger partial charge in [-0.3, -0.25) is 0 Å². The Kier molecular flexibility index (Phi) is 4.42. The topological polar surface area (TPSA) is 47.0 Å². The van der Waals surface area contributed by atoms with Crippen molar-refractivity contribution in [3.63, 3.8) is 0 Å². The van der Waals surface area contributed by atoms with Crippen LogP contribution in [0.4, 0.5) is 5.82 Å². The summed E-state index contributed by atoms with van der Waals surface area (Å²) in [4.78, 5) is 8.04. The second kappa shape index (κ2) is 5.86. The molecule has 0 spiro atoms. The quantitative estimate of drug-likeness (QED) is 0.743. The van der Waals surface area contributed by atoms with Crippen LogP contribution in [0.25, 0.3) is 0 Å². The number of aromatic nitrogens is 2. The van der Waals surface area contributed by atoms with E-state index in [2.05, 4.69) is 21.2 Å². The van der Waals surface area contributed by atoms with Gasteiger partial charge in [0.05, 0.1) is 6.61 Å². The summed E-state index contributed by atoms with van der Waals surface area (Å²) in [6.07, 6.45) is 7.34. The van der Waals surface area contributed by atoms with Crippen molar-refractivity contribution >= 4 is 5.82 Å². The summed E-state index contributed by atoms with van der Waals surface area (Å²) in [5.41, 5.74) is 0. The van der Waals surface area contributed by atoms with Crippen LogP contribution in [-0.4, -0.2) is 22.6 Å². The molecule has 80 valence electrons. The summed E-state index contributed by atoms with van der Waals surface area (Å²) in [5.74, 6) is 3.90. The average molecular weight is 205 g/mol. The zero-order valence-corrected chi connectivity index (χ0v) is 9.03. The van der Waals surface area contributed by atoms with Crippen molar-refractivity contribution in [2.45, 2.75) is 26.3 Å². The van der Waals surface area contributed by atoms with Crippen molar-refractivity contribution in [3.05, 3.63) is 12.4 Å². The van der Waals surface area contributed by atoms with Crippen LogP contribution in [0.15, 0.2) is 12.4 Å². The Labute approximate surface area is 90.1 Å². The van der Waals surface area contributed by atoms with E-state index in [4.69, 9.17) is 11.2 Å². The van der Waals surface area contributed by atoms with Crippen LogP contribution in [-0.2, 0) is 0 Å². The molecule has 0 aromatic carbocycles. The van der Waals surface area contributed by atoms with Crippen LogP contribution < -0.4 is 10.1 Å². The number of terminal acetylenes is 1. The Morgan fingerprint density at radius 1 is 1.60 bits per heavy atom. The highest BCUT2D eigenvalue weighted by atomic mass is 16.5. The fraction of sp³-hybridized carbons (Fsp3) is 0.455. The van der Waals surface area contributed by atoms with Crippen LogP contribution in [0.3, 0.4) is 0 Å². The number of rotatable bonds is 5. The number of anilines is 1. The maximum Gasteiger partial charge on any atom is 0.218 e. The van der Waals surface area contributed by atoms with Gasteiger partial charge in [-0.05, 0) is 13.8 Å². The Hall–Kier alpha value is -1.76. The van der Waals surface area contributed by atoms with Crippen molar-refractivity contribution in [2.75, 3.05) is 11.9 Å². The molecule has 0 bridgehead atoms. The molecule has 0 aliphatic carbocycles. The zero-order chi connectivity index (χ0) is 11.1. The highest BCUT2D eigenvalue weighted by molar-refractivity contribution is 5.38. The Balaban J connectivity index is 2.61. The lowest BCUT2D eigenvalue weighted by Crippen LogP contribution is -2.15. The minimum atomic E-state index is 0.194. The Morgan fingerprint density at radius 2 is 2.40 bits per heavy atom. The molecule has 4 nitrogen and oxygen atoms in total. The molecule has 1 rings (SSSR count). The molecule has 0 amide bonds. The highest BCUT2D eigenvalue weighted by Gasteiger charge is 2.02. The molecule has 0 aliphatic rings. The third-order valence-corrected chi connectivity index (χ3v) is 1.75. The third kappa shape index (κ3) is 3.86. The molecule has 0 saturated carbocycles. The summed E-state index contributed by atoms with van der Waals surface area (Å²) in [7, 11) is 0. The molecule has 1 N–H and O–H groups in total. The summed E-state index contributed by atoms with van der Waals surface area (Å²) in [5, 5.41) is 3.17. The normalized spacial score (nSPS) is 11.5. The molecule has 15 heavy (non-hydrogen) atoms. The predicted molar refractivity (Wildman–Crippen MR) is 59.7 cm³/mol. The fourth-order valence-electron chi connectivity index (χ4n) is 1.13. The largest absolute Gasteiger partial charge is 0.478 e. The molecule has 4 heteroatoms. The minimum absolute atomic E-state index is 0.194. The van der Waals surface area contributed by atoms with E-state index in [9.17, 15) is 0 Å². The zero-order valence-electron chi connectivity index (χ0n) is 9.03.